The molecule has 0 bridgehead atoms. The van der Waals surface area contributed by atoms with Crippen molar-refractivity contribution in [2.75, 3.05) is 25.1 Å². The summed E-state index contributed by atoms with van der Waals surface area (Å²) in [6.45, 7) is 3.29. The Kier molecular flexibility index (Phi) is 5.05. The lowest BCUT2D eigenvalue weighted by Gasteiger charge is -2.32. The number of nitrogens with zero attached hydrogens (tertiary/aromatic N) is 1. The van der Waals surface area contributed by atoms with Crippen molar-refractivity contribution in [2.24, 2.45) is 0 Å². The van der Waals surface area contributed by atoms with E-state index < -0.39 is 9.84 Å². The van der Waals surface area contributed by atoms with E-state index in [1.54, 1.807) is 18.2 Å². The summed E-state index contributed by atoms with van der Waals surface area (Å²) < 4.78 is 23.1. The van der Waals surface area contributed by atoms with E-state index in [1.165, 1.54) is 6.26 Å². The molecule has 1 aliphatic rings. The fourth-order valence-electron chi connectivity index (χ4n) is 3.36. The number of benzene rings is 2. The Labute approximate surface area is 154 Å². The van der Waals surface area contributed by atoms with Crippen LogP contribution < -0.4 is 5.73 Å². The van der Waals surface area contributed by atoms with Crippen molar-refractivity contribution in [2.45, 2.75) is 30.6 Å². The van der Waals surface area contributed by atoms with E-state index in [0.717, 1.165) is 24.0 Å². The Balaban J connectivity index is 1.65. The van der Waals surface area contributed by atoms with Gasteiger partial charge < -0.3 is 10.6 Å². The quantitative estimate of drug-likeness (QED) is 0.840. The summed E-state index contributed by atoms with van der Waals surface area (Å²) in [5, 5.41) is 0. The highest BCUT2D eigenvalue weighted by Crippen LogP contribution is 2.29. The average molecular weight is 372 g/mol. The Morgan fingerprint density at radius 1 is 1.08 bits per heavy atom. The number of aryl methyl sites for hydroxylation is 1. The number of carbonyl (C=O) groups is 1. The van der Waals surface area contributed by atoms with E-state index >= 15 is 0 Å². The molecule has 1 amide bonds. The van der Waals surface area contributed by atoms with Crippen LogP contribution in [0.25, 0.3) is 0 Å². The van der Waals surface area contributed by atoms with Crippen molar-refractivity contribution < 1.29 is 13.2 Å². The molecule has 0 atom stereocenters. The fourth-order valence-corrected chi connectivity index (χ4v) is 3.99. The zero-order chi connectivity index (χ0) is 18.9. The monoisotopic (exact) mass is 372 g/mol. The number of likely N-dealkylation sites (tertiary alicyclic amines) is 1. The summed E-state index contributed by atoms with van der Waals surface area (Å²) in [4.78, 5) is 14.9. The number of sulfone groups is 1. The van der Waals surface area contributed by atoms with Gasteiger partial charge in [0.15, 0.2) is 9.84 Å². The molecular formula is C20H24N2O3S. The molecule has 0 radical (unpaired) electrons. The Morgan fingerprint density at radius 3 is 2.23 bits per heavy atom. The molecule has 6 heteroatoms. The van der Waals surface area contributed by atoms with Gasteiger partial charge in [0.05, 0.1) is 4.90 Å². The molecule has 0 aliphatic carbocycles. The second kappa shape index (κ2) is 7.11. The van der Waals surface area contributed by atoms with Gasteiger partial charge in [0.1, 0.15) is 0 Å². The van der Waals surface area contributed by atoms with E-state index in [0.29, 0.717) is 35.2 Å². The van der Waals surface area contributed by atoms with Gasteiger partial charge in [0.2, 0.25) is 0 Å². The molecule has 1 heterocycles. The largest absolute Gasteiger partial charge is 0.398 e. The van der Waals surface area contributed by atoms with Crippen LogP contribution in [0, 0.1) is 6.92 Å². The van der Waals surface area contributed by atoms with Gasteiger partial charge in [0, 0.05) is 30.6 Å². The molecule has 3 rings (SSSR count). The maximum atomic E-state index is 12.7. The molecule has 26 heavy (non-hydrogen) atoms. The molecule has 138 valence electrons. The molecular weight excluding hydrogens is 348 g/mol. The van der Waals surface area contributed by atoms with Gasteiger partial charge in [-0.15, -0.1) is 0 Å². The van der Waals surface area contributed by atoms with Crippen LogP contribution in [-0.2, 0) is 9.84 Å². The number of rotatable bonds is 3. The van der Waals surface area contributed by atoms with Gasteiger partial charge in [-0.1, -0.05) is 18.2 Å². The van der Waals surface area contributed by atoms with Crippen molar-refractivity contribution in [3.63, 3.8) is 0 Å². The molecule has 2 N–H and O–H groups in total. The van der Waals surface area contributed by atoms with Gasteiger partial charge in [-0.05, 0) is 61.1 Å². The Hall–Kier alpha value is -2.34. The Bertz CT molecular complexity index is 913. The summed E-state index contributed by atoms with van der Waals surface area (Å²) in [7, 11) is -3.17. The standard InChI is InChI=1S/C20H24N2O3S/c1-14-3-4-17(13-19(14)21)20(23)22-11-9-16(10-12-22)15-5-7-18(8-6-15)26(2,24)25/h3-8,13,16H,9-12,21H2,1-2H3. The summed E-state index contributed by atoms with van der Waals surface area (Å²) in [5.41, 5.74) is 9.28. The van der Waals surface area contributed by atoms with Crippen LogP contribution in [0.2, 0.25) is 0 Å². The van der Waals surface area contributed by atoms with Crippen LogP contribution in [0.4, 0.5) is 5.69 Å². The van der Waals surface area contributed by atoms with Crippen LogP contribution in [0.3, 0.4) is 0 Å². The number of amides is 1. The SMILES string of the molecule is Cc1ccc(C(=O)N2CCC(c3ccc(S(C)(=O)=O)cc3)CC2)cc1N. The third-order valence-corrected chi connectivity index (χ3v) is 6.22. The van der Waals surface area contributed by atoms with Crippen molar-refractivity contribution in [1.82, 2.24) is 4.90 Å². The molecule has 2 aromatic rings. The lowest BCUT2D eigenvalue weighted by molar-refractivity contribution is 0.0713. The summed E-state index contributed by atoms with van der Waals surface area (Å²) in [6.07, 6.45) is 2.94. The molecule has 0 aromatic heterocycles. The minimum absolute atomic E-state index is 0.0163. The van der Waals surface area contributed by atoms with Gasteiger partial charge in [-0.3, -0.25) is 4.79 Å². The fraction of sp³-hybridized carbons (Fsp3) is 0.350. The molecule has 0 unspecified atom stereocenters. The number of anilines is 1. The second-order valence-corrected chi connectivity index (χ2v) is 8.99. The smallest absolute Gasteiger partial charge is 0.253 e. The molecule has 1 aliphatic heterocycles. The zero-order valence-electron chi connectivity index (χ0n) is 15.1. The number of piperidine rings is 1. The number of carbonyl (C=O) groups excluding carboxylic acids is 1. The molecule has 2 aromatic carbocycles. The number of hydrogen-bond donors (Lipinski definition) is 1. The van der Waals surface area contributed by atoms with Crippen molar-refractivity contribution in [3.8, 4) is 0 Å². The topological polar surface area (TPSA) is 80.5 Å². The highest BCUT2D eigenvalue weighted by atomic mass is 32.2. The zero-order valence-corrected chi connectivity index (χ0v) is 15.9. The highest BCUT2D eigenvalue weighted by Gasteiger charge is 2.25. The van der Waals surface area contributed by atoms with E-state index in [2.05, 4.69) is 0 Å². The van der Waals surface area contributed by atoms with Crippen LogP contribution in [-0.4, -0.2) is 38.6 Å². The Morgan fingerprint density at radius 2 is 1.69 bits per heavy atom. The number of hydrogen-bond acceptors (Lipinski definition) is 4. The number of nitrogens with two attached hydrogens (primary N) is 1. The van der Waals surface area contributed by atoms with E-state index in [-0.39, 0.29) is 5.91 Å². The van der Waals surface area contributed by atoms with Gasteiger partial charge in [-0.25, -0.2) is 8.42 Å². The van der Waals surface area contributed by atoms with Crippen LogP contribution >= 0.6 is 0 Å². The van der Waals surface area contributed by atoms with Gasteiger partial charge in [-0.2, -0.15) is 0 Å². The van der Waals surface area contributed by atoms with Gasteiger partial charge in [0.25, 0.3) is 5.91 Å². The minimum atomic E-state index is -3.17. The molecule has 0 spiro atoms. The summed E-state index contributed by atoms with van der Waals surface area (Å²) >= 11 is 0. The maximum absolute atomic E-state index is 12.7. The van der Waals surface area contributed by atoms with Crippen molar-refractivity contribution in [1.29, 1.82) is 0 Å². The maximum Gasteiger partial charge on any atom is 0.253 e. The highest BCUT2D eigenvalue weighted by molar-refractivity contribution is 7.90. The molecule has 5 nitrogen and oxygen atoms in total. The predicted octanol–water partition coefficient (Wildman–Crippen LogP) is 3.00. The third kappa shape index (κ3) is 3.90. The first-order valence-corrected chi connectivity index (χ1v) is 10.6. The third-order valence-electron chi connectivity index (χ3n) is 5.09. The van der Waals surface area contributed by atoms with Crippen molar-refractivity contribution in [3.05, 3.63) is 59.2 Å². The van der Waals surface area contributed by atoms with Gasteiger partial charge >= 0.3 is 0 Å². The first kappa shape index (κ1) is 18.5. The lowest BCUT2D eigenvalue weighted by atomic mass is 9.89. The van der Waals surface area contributed by atoms with Crippen LogP contribution in [0.15, 0.2) is 47.4 Å². The van der Waals surface area contributed by atoms with E-state index in [1.807, 2.05) is 36.1 Å². The molecule has 0 saturated carbocycles. The predicted molar refractivity (Wildman–Crippen MR) is 103 cm³/mol. The lowest BCUT2D eigenvalue weighted by Crippen LogP contribution is -2.38. The van der Waals surface area contributed by atoms with E-state index in [9.17, 15) is 13.2 Å². The molecule has 1 fully saturated rings. The van der Waals surface area contributed by atoms with Crippen LogP contribution in [0.1, 0.15) is 40.2 Å². The normalized spacial score (nSPS) is 15.8. The van der Waals surface area contributed by atoms with Crippen molar-refractivity contribution >= 4 is 21.4 Å². The first-order valence-electron chi connectivity index (χ1n) is 8.71. The van der Waals surface area contributed by atoms with E-state index in [4.69, 9.17) is 5.73 Å². The second-order valence-electron chi connectivity index (χ2n) is 6.98. The summed E-state index contributed by atoms with van der Waals surface area (Å²) in [6, 6.07) is 12.5. The first-order chi connectivity index (χ1) is 12.3. The minimum Gasteiger partial charge on any atom is -0.398 e. The summed E-state index contributed by atoms with van der Waals surface area (Å²) in [5.74, 6) is 0.360. The van der Waals surface area contributed by atoms with Crippen LogP contribution in [0.5, 0.6) is 0 Å². The average Bonchev–Trinajstić information content (AvgIpc) is 2.63. The number of nitrogen functional groups attached to an aromatic ring is 1. The molecule has 1 saturated heterocycles.